The van der Waals surface area contributed by atoms with Crippen molar-refractivity contribution >= 4 is 28.5 Å². The molecule has 1 N–H and O–H groups in total. The molecule has 0 radical (unpaired) electrons. The Balaban J connectivity index is 1.57. The average Bonchev–Trinajstić information content (AvgIpc) is 3.44. The van der Waals surface area contributed by atoms with Crippen LogP contribution in [0.25, 0.3) is 10.9 Å². The molecule has 0 bridgehead atoms. The van der Waals surface area contributed by atoms with Crippen molar-refractivity contribution in [2.75, 3.05) is 0 Å². The molecule has 0 spiro atoms. The predicted molar refractivity (Wildman–Crippen MR) is 96.7 cm³/mol. The smallest absolute Gasteiger partial charge is 0.317 e. The molecule has 132 valence electrons. The summed E-state index contributed by atoms with van der Waals surface area (Å²) in [7, 11) is 0. The van der Waals surface area contributed by atoms with Crippen LogP contribution in [0.5, 0.6) is 0 Å². The molecule has 1 fully saturated rings. The second-order valence-electron chi connectivity index (χ2n) is 6.47. The number of hydrogen-bond donors (Lipinski definition) is 1. The highest BCUT2D eigenvalue weighted by Crippen LogP contribution is 2.50. The molecule has 6 heteroatoms. The van der Waals surface area contributed by atoms with Gasteiger partial charge in [-0.1, -0.05) is 41.9 Å². The lowest BCUT2D eigenvalue weighted by molar-refractivity contribution is -0.148. The Morgan fingerprint density at radius 2 is 1.96 bits per heavy atom. The van der Waals surface area contributed by atoms with Crippen molar-refractivity contribution in [3.63, 3.8) is 0 Å². The van der Waals surface area contributed by atoms with Crippen molar-refractivity contribution in [1.29, 1.82) is 0 Å². The second-order valence-corrected chi connectivity index (χ2v) is 6.88. The van der Waals surface area contributed by atoms with Gasteiger partial charge in [0.15, 0.2) is 0 Å². The summed E-state index contributed by atoms with van der Waals surface area (Å²) in [5.74, 6) is -1.13. The Morgan fingerprint density at radius 1 is 1.19 bits per heavy atom. The summed E-state index contributed by atoms with van der Waals surface area (Å²) in [4.78, 5) is 27.5. The van der Waals surface area contributed by atoms with Gasteiger partial charge in [0, 0.05) is 11.1 Å². The third kappa shape index (κ3) is 2.78. The zero-order valence-electron chi connectivity index (χ0n) is 13.7. The van der Waals surface area contributed by atoms with Crippen molar-refractivity contribution < 1.29 is 13.9 Å². The molecule has 1 heterocycles. The number of nitrogens with one attached hydrogen (secondary N) is 1. The van der Waals surface area contributed by atoms with Crippen molar-refractivity contribution in [2.45, 2.75) is 24.9 Å². The Bertz CT molecular complexity index is 1070. The molecule has 0 aliphatic heterocycles. The van der Waals surface area contributed by atoms with Crippen molar-refractivity contribution in [3.8, 4) is 0 Å². The summed E-state index contributed by atoms with van der Waals surface area (Å²) >= 11 is 5.83. The highest BCUT2D eigenvalue weighted by atomic mass is 35.5. The summed E-state index contributed by atoms with van der Waals surface area (Å²) in [5.41, 5.74) is 0.00264. The van der Waals surface area contributed by atoms with Gasteiger partial charge in [0.2, 0.25) is 0 Å². The molecule has 0 atom stereocenters. The number of rotatable bonds is 4. The number of halogens is 2. The number of aromatic nitrogens is 1. The fourth-order valence-corrected chi connectivity index (χ4v) is 3.34. The largest absolute Gasteiger partial charge is 0.460 e. The number of hydrogen-bond acceptors (Lipinski definition) is 3. The van der Waals surface area contributed by atoms with E-state index in [4.69, 9.17) is 16.3 Å². The first-order valence-corrected chi connectivity index (χ1v) is 8.62. The van der Waals surface area contributed by atoms with E-state index in [1.165, 1.54) is 6.07 Å². The number of carbonyl (C=O) groups is 1. The quantitative estimate of drug-likeness (QED) is 0.702. The normalized spacial score (nSPS) is 15.0. The number of benzene rings is 2. The van der Waals surface area contributed by atoms with Crippen molar-refractivity contribution in [3.05, 3.63) is 80.9 Å². The summed E-state index contributed by atoms with van der Waals surface area (Å²) in [6.45, 7) is -0.164. The van der Waals surface area contributed by atoms with Crippen LogP contribution in [0.15, 0.2) is 53.3 Å². The highest BCUT2D eigenvalue weighted by molar-refractivity contribution is 6.30. The van der Waals surface area contributed by atoms with Crippen LogP contribution in [-0.4, -0.2) is 11.0 Å². The Hall–Kier alpha value is -2.66. The monoisotopic (exact) mass is 371 g/mol. The average molecular weight is 372 g/mol. The summed E-state index contributed by atoms with van der Waals surface area (Å²) in [6.07, 6.45) is 0.994. The van der Waals surface area contributed by atoms with Crippen LogP contribution in [0, 0.1) is 5.82 Å². The molecule has 4 nitrogen and oxygen atoms in total. The molecular formula is C20H15ClFNO3. The minimum Gasteiger partial charge on any atom is -0.460 e. The molecule has 1 saturated carbocycles. The van der Waals surface area contributed by atoms with Crippen LogP contribution in [-0.2, 0) is 21.6 Å². The minimum atomic E-state index is -1.00. The molecule has 0 saturated heterocycles. The van der Waals surface area contributed by atoms with Crippen molar-refractivity contribution in [2.24, 2.45) is 0 Å². The zero-order chi connectivity index (χ0) is 18.3. The topological polar surface area (TPSA) is 59.2 Å². The molecule has 1 aromatic heterocycles. The first kappa shape index (κ1) is 16.8. The Morgan fingerprint density at radius 3 is 2.73 bits per heavy atom. The maximum absolute atomic E-state index is 14.3. The summed E-state index contributed by atoms with van der Waals surface area (Å²) in [6, 6.07) is 13.7. The minimum absolute atomic E-state index is 0.0208. The number of carbonyl (C=O) groups excluding carboxylic acids is 1. The molecule has 26 heavy (non-hydrogen) atoms. The number of fused-ring (bicyclic) bond motifs is 1. The van der Waals surface area contributed by atoms with Gasteiger partial charge in [-0.05, 0) is 36.4 Å². The van der Waals surface area contributed by atoms with E-state index in [1.807, 2.05) is 18.2 Å². The lowest BCUT2D eigenvalue weighted by Gasteiger charge is -2.16. The van der Waals surface area contributed by atoms with Gasteiger partial charge in [0.1, 0.15) is 12.4 Å². The van der Waals surface area contributed by atoms with Gasteiger partial charge in [0.25, 0.3) is 5.56 Å². The number of pyridine rings is 1. The molecule has 2 aromatic carbocycles. The molecule has 3 aromatic rings. The van der Waals surface area contributed by atoms with E-state index >= 15 is 0 Å². The van der Waals surface area contributed by atoms with E-state index in [1.54, 1.807) is 24.3 Å². The van der Waals surface area contributed by atoms with Crippen LogP contribution in [0.3, 0.4) is 0 Å². The number of ether oxygens (including phenoxy) is 1. The van der Waals surface area contributed by atoms with Gasteiger partial charge < -0.3 is 9.72 Å². The van der Waals surface area contributed by atoms with Gasteiger partial charge in [0.05, 0.1) is 16.0 Å². The summed E-state index contributed by atoms with van der Waals surface area (Å²) < 4.78 is 19.7. The zero-order valence-corrected chi connectivity index (χ0v) is 14.5. The molecule has 0 unspecified atom stereocenters. The summed E-state index contributed by atoms with van der Waals surface area (Å²) in [5, 5.41) is 0.827. The van der Waals surface area contributed by atoms with E-state index in [-0.39, 0.29) is 22.8 Å². The number of aromatic amines is 1. The van der Waals surface area contributed by atoms with Crippen LogP contribution >= 0.6 is 11.6 Å². The molecule has 1 aliphatic carbocycles. The van der Waals surface area contributed by atoms with Gasteiger partial charge in [-0.25, -0.2) is 4.39 Å². The highest BCUT2D eigenvalue weighted by Gasteiger charge is 2.54. The second kappa shape index (κ2) is 6.25. The van der Waals surface area contributed by atoms with Crippen LogP contribution in [0.4, 0.5) is 4.39 Å². The number of para-hydroxylation sites is 1. The van der Waals surface area contributed by atoms with E-state index < -0.39 is 17.2 Å². The predicted octanol–water partition coefficient (Wildman–Crippen LogP) is 4.10. The van der Waals surface area contributed by atoms with Gasteiger partial charge in [-0.3, -0.25) is 9.59 Å². The SMILES string of the molecule is O=C(OCc1cc2ccccc2[nH]c1=O)C1(c2cccc(Cl)c2F)CC1. The van der Waals surface area contributed by atoms with E-state index in [0.717, 1.165) is 5.39 Å². The fraction of sp³-hybridized carbons (Fsp3) is 0.200. The number of H-pyrrole nitrogens is 1. The van der Waals surface area contributed by atoms with Crippen LogP contribution in [0.2, 0.25) is 5.02 Å². The number of esters is 1. The lowest BCUT2D eigenvalue weighted by Crippen LogP contribution is -2.25. The van der Waals surface area contributed by atoms with Crippen LogP contribution < -0.4 is 5.56 Å². The standard InChI is InChI=1S/C20H15ClFNO3/c21-15-6-3-5-14(17(15)22)20(8-9-20)19(25)26-11-13-10-12-4-1-2-7-16(12)23-18(13)24/h1-7,10H,8-9,11H2,(H,23,24). The Labute approximate surface area is 153 Å². The molecule has 1 aliphatic rings. The first-order valence-electron chi connectivity index (χ1n) is 8.24. The van der Waals surface area contributed by atoms with Gasteiger partial charge >= 0.3 is 5.97 Å². The fourth-order valence-electron chi connectivity index (χ4n) is 3.16. The van der Waals surface area contributed by atoms with Crippen LogP contribution in [0.1, 0.15) is 24.0 Å². The van der Waals surface area contributed by atoms with E-state index in [0.29, 0.717) is 23.9 Å². The maximum atomic E-state index is 14.3. The van der Waals surface area contributed by atoms with Gasteiger partial charge in [-0.2, -0.15) is 0 Å². The van der Waals surface area contributed by atoms with Gasteiger partial charge in [-0.15, -0.1) is 0 Å². The molecular weight excluding hydrogens is 357 g/mol. The maximum Gasteiger partial charge on any atom is 0.317 e. The first-order chi connectivity index (χ1) is 12.5. The third-order valence-corrected chi connectivity index (χ3v) is 5.09. The Kier molecular flexibility index (Phi) is 4.04. The molecule has 0 amide bonds. The van der Waals surface area contributed by atoms with Crippen molar-refractivity contribution in [1.82, 2.24) is 4.98 Å². The molecule has 4 rings (SSSR count). The third-order valence-electron chi connectivity index (χ3n) is 4.80. The lowest BCUT2D eigenvalue weighted by atomic mass is 9.95. The van der Waals surface area contributed by atoms with E-state index in [2.05, 4.69) is 4.98 Å². The van der Waals surface area contributed by atoms with E-state index in [9.17, 15) is 14.0 Å².